The zero-order valence-corrected chi connectivity index (χ0v) is 14.1. The molecule has 1 aliphatic heterocycles. The highest BCUT2D eigenvalue weighted by Gasteiger charge is 2.48. The van der Waals surface area contributed by atoms with E-state index in [0.717, 1.165) is 0 Å². The lowest BCUT2D eigenvalue weighted by molar-refractivity contribution is -0.151. The largest absolute Gasteiger partial charge is 0.493 e. The second-order valence-corrected chi connectivity index (χ2v) is 6.59. The summed E-state index contributed by atoms with van der Waals surface area (Å²) in [4.78, 5) is 25.5. The molecule has 2 rings (SSSR count). The first-order valence-corrected chi connectivity index (χ1v) is 8.25. The number of carboxylic acid groups (broad SMARTS) is 1. The Hall–Kier alpha value is -2.11. The minimum atomic E-state index is -0.840. The Kier molecular flexibility index (Phi) is 5.80. The Balaban J connectivity index is 1.78. The van der Waals surface area contributed by atoms with Crippen molar-refractivity contribution in [3.8, 4) is 5.75 Å². The van der Waals surface area contributed by atoms with Crippen LogP contribution in [-0.2, 0) is 9.59 Å². The number of aliphatic carboxylic acids is 1. The number of rotatable bonds is 7. The quantitative estimate of drug-likeness (QED) is 0.777. The fraction of sp³-hybridized carbons (Fsp3) is 0.556. The summed E-state index contributed by atoms with van der Waals surface area (Å²) in [6.45, 7) is 4.83. The van der Waals surface area contributed by atoms with Gasteiger partial charge in [-0.25, -0.2) is 4.39 Å². The summed E-state index contributed by atoms with van der Waals surface area (Å²) in [7, 11) is 0. The monoisotopic (exact) mass is 337 g/mol. The highest BCUT2D eigenvalue weighted by atomic mass is 19.1. The molecule has 0 aromatic heterocycles. The molecule has 132 valence electrons. The SMILES string of the molecule is CC(C)C1(C(=O)O)CCN(C(=O)CCCOc2cccc(F)c2)C1. The molecule has 0 saturated carbocycles. The zero-order valence-electron chi connectivity index (χ0n) is 14.1. The summed E-state index contributed by atoms with van der Waals surface area (Å²) in [5.74, 6) is -0.833. The maximum atomic E-state index is 13.0. The number of carbonyl (C=O) groups is 2. The van der Waals surface area contributed by atoms with Gasteiger partial charge in [0.15, 0.2) is 0 Å². The molecule has 0 bridgehead atoms. The van der Waals surface area contributed by atoms with E-state index in [4.69, 9.17) is 4.74 Å². The van der Waals surface area contributed by atoms with Gasteiger partial charge in [0.1, 0.15) is 11.6 Å². The average molecular weight is 337 g/mol. The van der Waals surface area contributed by atoms with Gasteiger partial charge in [0.25, 0.3) is 0 Å². The molecule has 1 fully saturated rings. The van der Waals surface area contributed by atoms with Crippen LogP contribution in [0, 0.1) is 17.2 Å². The summed E-state index contributed by atoms with van der Waals surface area (Å²) in [5, 5.41) is 9.51. The molecule has 24 heavy (non-hydrogen) atoms. The van der Waals surface area contributed by atoms with E-state index in [2.05, 4.69) is 0 Å². The van der Waals surface area contributed by atoms with Crippen molar-refractivity contribution in [1.82, 2.24) is 4.90 Å². The van der Waals surface area contributed by atoms with Crippen molar-refractivity contribution in [3.05, 3.63) is 30.1 Å². The number of benzene rings is 1. The van der Waals surface area contributed by atoms with Crippen LogP contribution in [0.4, 0.5) is 4.39 Å². The molecule has 0 spiro atoms. The van der Waals surface area contributed by atoms with Crippen LogP contribution in [-0.4, -0.2) is 41.6 Å². The van der Waals surface area contributed by atoms with Crippen molar-refractivity contribution in [2.24, 2.45) is 11.3 Å². The average Bonchev–Trinajstić information content (AvgIpc) is 2.98. The number of likely N-dealkylation sites (tertiary alicyclic amines) is 1. The molecule has 1 aromatic carbocycles. The third-order valence-electron chi connectivity index (χ3n) is 4.78. The van der Waals surface area contributed by atoms with Gasteiger partial charge >= 0.3 is 5.97 Å². The first-order valence-electron chi connectivity index (χ1n) is 8.25. The van der Waals surface area contributed by atoms with Crippen LogP contribution in [0.25, 0.3) is 0 Å². The molecule has 5 nitrogen and oxygen atoms in total. The van der Waals surface area contributed by atoms with Gasteiger partial charge in [0.2, 0.25) is 5.91 Å². The van der Waals surface area contributed by atoms with E-state index in [1.54, 1.807) is 17.0 Å². The molecular weight excluding hydrogens is 313 g/mol. The predicted octanol–water partition coefficient (Wildman–Crippen LogP) is 2.94. The molecule has 1 amide bonds. The number of carboxylic acids is 1. The second-order valence-electron chi connectivity index (χ2n) is 6.59. The van der Waals surface area contributed by atoms with Gasteiger partial charge in [0.05, 0.1) is 12.0 Å². The van der Waals surface area contributed by atoms with Gasteiger partial charge in [0, 0.05) is 25.6 Å². The molecule has 1 saturated heterocycles. The van der Waals surface area contributed by atoms with Gasteiger partial charge in [-0.05, 0) is 30.9 Å². The Morgan fingerprint density at radius 2 is 2.17 bits per heavy atom. The lowest BCUT2D eigenvalue weighted by Crippen LogP contribution is -2.40. The van der Waals surface area contributed by atoms with Crippen LogP contribution in [0.5, 0.6) is 5.75 Å². The Morgan fingerprint density at radius 1 is 1.42 bits per heavy atom. The van der Waals surface area contributed by atoms with Crippen LogP contribution >= 0.6 is 0 Å². The molecule has 6 heteroatoms. The van der Waals surface area contributed by atoms with Gasteiger partial charge in [-0.3, -0.25) is 9.59 Å². The van der Waals surface area contributed by atoms with E-state index < -0.39 is 11.4 Å². The Bertz CT molecular complexity index is 604. The number of halogens is 1. The van der Waals surface area contributed by atoms with Crippen molar-refractivity contribution in [2.45, 2.75) is 33.1 Å². The van der Waals surface area contributed by atoms with E-state index in [1.807, 2.05) is 13.8 Å². The van der Waals surface area contributed by atoms with E-state index in [1.165, 1.54) is 12.1 Å². The van der Waals surface area contributed by atoms with Crippen molar-refractivity contribution >= 4 is 11.9 Å². The maximum Gasteiger partial charge on any atom is 0.311 e. The highest BCUT2D eigenvalue weighted by molar-refractivity contribution is 5.80. The third kappa shape index (κ3) is 4.04. The van der Waals surface area contributed by atoms with Crippen LogP contribution in [0.15, 0.2) is 24.3 Å². The first kappa shape index (κ1) is 18.2. The smallest absolute Gasteiger partial charge is 0.311 e. The molecule has 0 radical (unpaired) electrons. The Labute approximate surface area is 141 Å². The standard InChI is InChI=1S/C18H24FNO4/c1-13(2)18(17(22)23)8-9-20(12-18)16(21)7-4-10-24-15-6-3-5-14(19)11-15/h3,5-6,11,13H,4,7-10,12H2,1-2H3,(H,22,23). The molecule has 1 atom stereocenters. The lowest BCUT2D eigenvalue weighted by Gasteiger charge is -2.28. The number of nitrogens with zero attached hydrogens (tertiary/aromatic N) is 1. The molecule has 0 aliphatic carbocycles. The topological polar surface area (TPSA) is 66.8 Å². The fourth-order valence-electron chi connectivity index (χ4n) is 3.07. The highest BCUT2D eigenvalue weighted by Crippen LogP contribution is 2.38. The van der Waals surface area contributed by atoms with Gasteiger partial charge in [-0.1, -0.05) is 19.9 Å². The summed E-state index contributed by atoms with van der Waals surface area (Å²) in [6.07, 6.45) is 1.29. The lowest BCUT2D eigenvalue weighted by atomic mass is 9.76. The van der Waals surface area contributed by atoms with Crippen LogP contribution in [0.3, 0.4) is 0 Å². The minimum Gasteiger partial charge on any atom is -0.493 e. The number of hydrogen-bond acceptors (Lipinski definition) is 3. The van der Waals surface area contributed by atoms with Crippen LogP contribution < -0.4 is 4.74 Å². The number of ether oxygens (including phenoxy) is 1. The first-order chi connectivity index (χ1) is 11.3. The normalized spacial score (nSPS) is 20.4. The van der Waals surface area contributed by atoms with E-state index >= 15 is 0 Å². The maximum absolute atomic E-state index is 13.0. The molecule has 1 N–H and O–H groups in total. The van der Waals surface area contributed by atoms with Gasteiger partial charge in [-0.2, -0.15) is 0 Å². The van der Waals surface area contributed by atoms with Crippen LogP contribution in [0.2, 0.25) is 0 Å². The van der Waals surface area contributed by atoms with E-state index in [0.29, 0.717) is 38.2 Å². The summed E-state index contributed by atoms with van der Waals surface area (Å²) in [5.41, 5.74) is -0.840. The number of amides is 1. The van der Waals surface area contributed by atoms with Crippen molar-refractivity contribution in [2.75, 3.05) is 19.7 Å². The molecule has 1 heterocycles. The van der Waals surface area contributed by atoms with Gasteiger partial charge < -0.3 is 14.7 Å². The van der Waals surface area contributed by atoms with Crippen molar-refractivity contribution in [1.29, 1.82) is 0 Å². The zero-order chi connectivity index (χ0) is 17.7. The molecule has 1 aromatic rings. The van der Waals surface area contributed by atoms with E-state index in [-0.39, 0.29) is 24.2 Å². The summed E-state index contributed by atoms with van der Waals surface area (Å²) in [6, 6.07) is 5.87. The van der Waals surface area contributed by atoms with Gasteiger partial charge in [-0.15, -0.1) is 0 Å². The predicted molar refractivity (Wildman–Crippen MR) is 87.2 cm³/mol. The third-order valence-corrected chi connectivity index (χ3v) is 4.78. The molecular formula is C18H24FNO4. The molecule has 1 aliphatic rings. The second kappa shape index (κ2) is 7.64. The minimum absolute atomic E-state index is 0.0240. The fourth-order valence-corrected chi connectivity index (χ4v) is 3.07. The number of carbonyl (C=O) groups excluding carboxylic acids is 1. The van der Waals surface area contributed by atoms with E-state index in [9.17, 15) is 19.1 Å². The van der Waals surface area contributed by atoms with Crippen molar-refractivity contribution in [3.63, 3.8) is 0 Å². The summed E-state index contributed by atoms with van der Waals surface area (Å²) >= 11 is 0. The summed E-state index contributed by atoms with van der Waals surface area (Å²) < 4.78 is 18.4. The van der Waals surface area contributed by atoms with Crippen LogP contribution in [0.1, 0.15) is 33.1 Å². The van der Waals surface area contributed by atoms with Crippen molar-refractivity contribution < 1.29 is 23.8 Å². The Morgan fingerprint density at radius 3 is 2.75 bits per heavy atom. The molecule has 1 unspecified atom stereocenters. The number of hydrogen-bond donors (Lipinski definition) is 1.